The highest BCUT2D eigenvalue weighted by Crippen LogP contribution is 2.44. The van der Waals surface area contributed by atoms with E-state index in [0.717, 1.165) is 38.3 Å². The first-order chi connectivity index (χ1) is 13.2. The Bertz CT molecular complexity index is 946. The summed E-state index contributed by atoms with van der Waals surface area (Å²) >= 11 is 3.57. The highest BCUT2D eigenvalue weighted by molar-refractivity contribution is 9.10. The second-order valence-corrected chi connectivity index (χ2v) is 7.21. The minimum absolute atomic E-state index is 0.184. The molecule has 1 heterocycles. The van der Waals surface area contributed by atoms with Gasteiger partial charge < -0.3 is 19.5 Å². The lowest BCUT2D eigenvalue weighted by atomic mass is 9.97. The van der Waals surface area contributed by atoms with Crippen LogP contribution in [0, 0.1) is 0 Å². The molecule has 3 aromatic carbocycles. The molecule has 0 unspecified atom stereocenters. The molecule has 2 atom stereocenters. The third kappa shape index (κ3) is 3.53. The molecule has 0 fully saturated rings. The van der Waals surface area contributed by atoms with Gasteiger partial charge in [0, 0.05) is 27.4 Å². The summed E-state index contributed by atoms with van der Waals surface area (Å²) < 4.78 is 18.4. The van der Waals surface area contributed by atoms with Gasteiger partial charge >= 0.3 is 0 Å². The molecule has 1 aliphatic heterocycles. The number of anilines is 1. The van der Waals surface area contributed by atoms with Crippen LogP contribution in [0.15, 0.2) is 71.2 Å². The molecule has 0 aromatic heterocycles. The monoisotopic (exact) mass is 425 g/mol. The average Bonchev–Trinajstić information content (AvgIpc) is 2.73. The first-order valence-electron chi connectivity index (χ1n) is 8.68. The number of hydrogen-bond donors (Lipinski definition) is 1. The Kier molecular flexibility index (Phi) is 5.05. The van der Waals surface area contributed by atoms with Gasteiger partial charge in [-0.1, -0.05) is 46.3 Å². The van der Waals surface area contributed by atoms with Crippen molar-refractivity contribution in [3.8, 4) is 11.5 Å². The Labute approximate surface area is 167 Å². The second-order valence-electron chi connectivity index (χ2n) is 6.29. The number of fused-ring (bicyclic) bond motifs is 1. The smallest absolute Gasteiger partial charge is 0.158 e. The maximum absolute atomic E-state index is 6.50. The summed E-state index contributed by atoms with van der Waals surface area (Å²) in [6.45, 7) is 0. The van der Waals surface area contributed by atoms with Crippen molar-refractivity contribution in [1.82, 2.24) is 0 Å². The fourth-order valence-electron chi connectivity index (χ4n) is 3.34. The van der Waals surface area contributed by atoms with Crippen LogP contribution in [-0.2, 0) is 4.74 Å². The molecule has 27 heavy (non-hydrogen) atoms. The van der Waals surface area contributed by atoms with E-state index in [-0.39, 0.29) is 12.3 Å². The van der Waals surface area contributed by atoms with Crippen molar-refractivity contribution in [2.24, 2.45) is 0 Å². The molecule has 1 N–H and O–H groups in total. The van der Waals surface area contributed by atoms with Crippen LogP contribution in [0.1, 0.15) is 29.0 Å². The molecule has 3 aromatic rings. The minimum Gasteiger partial charge on any atom is -0.497 e. The molecule has 4 rings (SSSR count). The SMILES string of the molecule is COc1ccc([C@H]2Nc3ccc(Br)cc3[C@@H](c3ccccc3)O2)c(OC)c1. The van der Waals surface area contributed by atoms with E-state index < -0.39 is 0 Å². The lowest BCUT2D eigenvalue weighted by Gasteiger charge is -2.35. The van der Waals surface area contributed by atoms with E-state index in [0.29, 0.717) is 0 Å². The van der Waals surface area contributed by atoms with Crippen LogP contribution in [0.5, 0.6) is 11.5 Å². The normalized spacial score (nSPS) is 18.3. The van der Waals surface area contributed by atoms with Gasteiger partial charge in [-0.15, -0.1) is 0 Å². The number of benzene rings is 3. The summed E-state index contributed by atoms with van der Waals surface area (Å²) in [5.41, 5.74) is 4.17. The molecule has 0 bridgehead atoms. The van der Waals surface area contributed by atoms with E-state index in [1.54, 1.807) is 14.2 Å². The van der Waals surface area contributed by atoms with Gasteiger partial charge in [0.2, 0.25) is 0 Å². The average molecular weight is 426 g/mol. The van der Waals surface area contributed by atoms with Gasteiger partial charge in [0.15, 0.2) is 6.23 Å². The predicted molar refractivity (Wildman–Crippen MR) is 109 cm³/mol. The second kappa shape index (κ2) is 7.62. The van der Waals surface area contributed by atoms with Crippen molar-refractivity contribution in [2.45, 2.75) is 12.3 Å². The zero-order valence-corrected chi connectivity index (χ0v) is 16.7. The summed E-state index contributed by atoms with van der Waals surface area (Å²) in [6, 6.07) is 22.2. The summed E-state index contributed by atoms with van der Waals surface area (Å²) in [7, 11) is 3.30. The molecule has 0 aliphatic carbocycles. The zero-order valence-electron chi connectivity index (χ0n) is 15.1. The Morgan fingerprint density at radius 1 is 0.889 bits per heavy atom. The Morgan fingerprint density at radius 2 is 1.70 bits per heavy atom. The van der Waals surface area contributed by atoms with E-state index in [4.69, 9.17) is 14.2 Å². The molecule has 0 saturated heterocycles. The van der Waals surface area contributed by atoms with Crippen molar-refractivity contribution in [3.63, 3.8) is 0 Å². The van der Waals surface area contributed by atoms with Crippen LogP contribution in [0.25, 0.3) is 0 Å². The standard InChI is InChI=1S/C22H20BrNO3/c1-25-16-9-10-17(20(13-16)26-2)22-24-19-11-8-15(23)12-18(19)21(27-22)14-6-4-3-5-7-14/h3-13,21-22,24H,1-2H3/t21-,22+/m1/s1. The molecule has 0 saturated carbocycles. The number of methoxy groups -OCH3 is 2. The molecule has 138 valence electrons. The van der Waals surface area contributed by atoms with E-state index in [9.17, 15) is 0 Å². The first kappa shape index (κ1) is 17.9. The fraction of sp³-hybridized carbons (Fsp3) is 0.182. The van der Waals surface area contributed by atoms with Crippen LogP contribution >= 0.6 is 15.9 Å². The van der Waals surface area contributed by atoms with Gasteiger partial charge in [0.25, 0.3) is 0 Å². The van der Waals surface area contributed by atoms with Gasteiger partial charge in [0.05, 0.1) is 14.2 Å². The molecule has 4 nitrogen and oxygen atoms in total. The maximum Gasteiger partial charge on any atom is 0.158 e. The van der Waals surface area contributed by atoms with Crippen LogP contribution < -0.4 is 14.8 Å². The van der Waals surface area contributed by atoms with E-state index >= 15 is 0 Å². The van der Waals surface area contributed by atoms with Crippen molar-refractivity contribution < 1.29 is 14.2 Å². The number of halogens is 1. The Morgan fingerprint density at radius 3 is 2.44 bits per heavy atom. The highest BCUT2D eigenvalue weighted by atomic mass is 79.9. The topological polar surface area (TPSA) is 39.7 Å². The largest absolute Gasteiger partial charge is 0.497 e. The Hall–Kier alpha value is -2.50. The number of nitrogens with one attached hydrogen (secondary N) is 1. The molecule has 5 heteroatoms. The molecular formula is C22H20BrNO3. The quantitative estimate of drug-likeness (QED) is 0.581. The zero-order chi connectivity index (χ0) is 18.8. The first-order valence-corrected chi connectivity index (χ1v) is 9.47. The van der Waals surface area contributed by atoms with Gasteiger partial charge in [0.1, 0.15) is 17.6 Å². The summed E-state index contributed by atoms with van der Waals surface area (Å²) in [6.07, 6.45) is -0.526. The van der Waals surface area contributed by atoms with Gasteiger partial charge in [-0.25, -0.2) is 0 Å². The highest BCUT2D eigenvalue weighted by Gasteiger charge is 2.31. The minimum atomic E-state index is -0.343. The van der Waals surface area contributed by atoms with Gasteiger partial charge in [-0.3, -0.25) is 0 Å². The molecule has 0 amide bonds. The molecule has 1 aliphatic rings. The summed E-state index contributed by atoms with van der Waals surface area (Å²) in [4.78, 5) is 0. The fourth-order valence-corrected chi connectivity index (χ4v) is 3.72. The van der Waals surface area contributed by atoms with Crippen LogP contribution in [0.2, 0.25) is 0 Å². The lowest BCUT2D eigenvalue weighted by Crippen LogP contribution is -2.25. The Balaban J connectivity index is 1.78. The predicted octanol–water partition coefficient (Wildman–Crippen LogP) is 5.70. The number of hydrogen-bond acceptors (Lipinski definition) is 4. The van der Waals surface area contributed by atoms with Gasteiger partial charge in [-0.05, 0) is 35.9 Å². The van der Waals surface area contributed by atoms with Gasteiger partial charge in [-0.2, -0.15) is 0 Å². The third-order valence-corrected chi connectivity index (χ3v) is 5.17. The molecule has 0 radical (unpaired) electrons. The van der Waals surface area contributed by atoms with Crippen molar-refractivity contribution in [2.75, 3.05) is 19.5 Å². The van der Waals surface area contributed by atoms with Crippen molar-refractivity contribution in [1.29, 1.82) is 0 Å². The van der Waals surface area contributed by atoms with E-state index in [1.807, 2.05) is 42.5 Å². The lowest BCUT2D eigenvalue weighted by molar-refractivity contribution is 0.0145. The van der Waals surface area contributed by atoms with Crippen LogP contribution in [0.3, 0.4) is 0 Å². The maximum atomic E-state index is 6.50. The molecule has 0 spiro atoms. The van der Waals surface area contributed by atoms with Crippen LogP contribution in [-0.4, -0.2) is 14.2 Å². The third-order valence-electron chi connectivity index (χ3n) is 4.68. The van der Waals surface area contributed by atoms with Crippen LogP contribution in [0.4, 0.5) is 5.69 Å². The summed E-state index contributed by atoms with van der Waals surface area (Å²) in [5.74, 6) is 1.47. The van der Waals surface area contributed by atoms with E-state index in [1.165, 1.54) is 0 Å². The van der Waals surface area contributed by atoms with E-state index in [2.05, 4.69) is 45.5 Å². The number of ether oxygens (including phenoxy) is 3. The van der Waals surface area contributed by atoms with Crippen molar-refractivity contribution in [3.05, 3.63) is 87.9 Å². The summed E-state index contributed by atoms with van der Waals surface area (Å²) in [5, 5.41) is 3.49. The molecular weight excluding hydrogens is 406 g/mol. The van der Waals surface area contributed by atoms with Crippen molar-refractivity contribution >= 4 is 21.6 Å². The number of rotatable bonds is 4.